The van der Waals surface area contributed by atoms with Crippen molar-refractivity contribution in [3.05, 3.63) is 23.3 Å². The van der Waals surface area contributed by atoms with Crippen molar-refractivity contribution in [1.82, 2.24) is 4.90 Å². The van der Waals surface area contributed by atoms with Crippen molar-refractivity contribution < 1.29 is 18.4 Å². The third kappa shape index (κ3) is 1.27. The summed E-state index contributed by atoms with van der Waals surface area (Å²) in [5, 5.41) is 0. The lowest BCUT2D eigenvalue weighted by molar-refractivity contribution is -0.138. The number of hydrogen-bond acceptors (Lipinski definition) is 4. The molecule has 1 saturated heterocycles. The predicted molar refractivity (Wildman–Crippen MR) is 81.6 cm³/mol. The molecule has 2 fully saturated rings. The van der Waals surface area contributed by atoms with Gasteiger partial charge in [-0.3, -0.25) is 4.79 Å². The summed E-state index contributed by atoms with van der Waals surface area (Å²) in [6.07, 6.45) is 2.07. The Labute approximate surface area is 134 Å². The summed E-state index contributed by atoms with van der Waals surface area (Å²) in [4.78, 5) is 14.4. The summed E-state index contributed by atoms with van der Waals surface area (Å²) in [5.41, 5.74) is 1.86. The van der Waals surface area contributed by atoms with Gasteiger partial charge in [0.05, 0.1) is 7.11 Å². The number of nitrogens with zero attached hydrogens (tertiary/aromatic N) is 1. The van der Waals surface area contributed by atoms with E-state index in [9.17, 15) is 4.79 Å². The Balaban J connectivity index is 1.74. The van der Waals surface area contributed by atoms with Crippen LogP contribution in [0.3, 0.4) is 0 Å². The maximum Gasteiger partial charge on any atom is 0.174 e. The van der Waals surface area contributed by atoms with Gasteiger partial charge in [-0.1, -0.05) is 6.07 Å². The van der Waals surface area contributed by atoms with E-state index < -0.39 is 13.1 Å². The van der Waals surface area contributed by atoms with Crippen LogP contribution in [0.5, 0.6) is 11.5 Å². The number of hydrogen-bond donors (Lipinski definition) is 0. The molecule has 1 spiro atoms. The number of piperidine rings is 1. The molecule has 2 aliphatic heterocycles. The molecule has 22 heavy (non-hydrogen) atoms. The van der Waals surface area contributed by atoms with Crippen molar-refractivity contribution >= 4 is 5.78 Å². The number of Topliss-reactive ketones (excluding diaryl/α,β-unsaturated/α-hetero) is 1. The highest BCUT2D eigenvalue weighted by molar-refractivity contribution is 5.89. The SMILES string of the molecule is [2H][13C]([2H])([2H])N1CC[C@]23c4c5ccc(OC)c4OC2C(=O)CC[C@H]3[C@H]1C5. The van der Waals surface area contributed by atoms with E-state index in [1.54, 1.807) is 12.0 Å². The van der Waals surface area contributed by atoms with Crippen LogP contribution in [0.15, 0.2) is 12.1 Å². The molecule has 0 amide bonds. The topological polar surface area (TPSA) is 38.8 Å². The number of carbonyl (C=O) groups is 1. The highest BCUT2D eigenvalue weighted by Crippen LogP contribution is 2.62. The monoisotopic (exact) mass is 303 g/mol. The maximum absolute atomic E-state index is 12.7. The second-order valence-corrected chi connectivity index (χ2v) is 7.00. The van der Waals surface area contributed by atoms with E-state index in [0.29, 0.717) is 37.3 Å². The van der Waals surface area contributed by atoms with Gasteiger partial charge < -0.3 is 14.4 Å². The minimum Gasteiger partial charge on any atom is -0.493 e. The van der Waals surface area contributed by atoms with Gasteiger partial charge in [0.25, 0.3) is 0 Å². The second kappa shape index (κ2) is 4.05. The molecule has 4 aliphatic rings. The first-order valence-electron chi connectivity index (χ1n) is 9.54. The van der Waals surface area contributed by atoms with Crippen LogP contribution >= 0.6 is 0 Å². The third-order valence-electron chi connectivity index (χ3n) is 6.31. The normalized spacial score (nSPS) is 41.0. The predicted octanol–water partition coefficient (Wildman–Crippen LogP) is 1.93. The number of rotatable bonds is 1. The summed E-state index contributed by atoms with van der Waals surface area (Å²) in [7, 11) is 1.61. The van der Waals surface area contributed by atoms with Gasteiger partial charge in [0, 0.05) is 27.6 Å². The molecule has 116 valence electrons. The fourth-order valence-electron chi connectivity index (χ4n) is 5.48. The summed E-state index contributed by atoms with van der Waals surface area (Å²) < 4.78 is 35.5. The minimum absolute atomic E-state index is 0.0627. The number of likely N-dealkylation sites (N-methyl/N-ethyl adjacent to an activating group) is 1. The second-order valence-electron chi connectivity index (χ2n) is 7.00. The molecule has 0 radical (unpaired) electrons. The van der Waals surface area contributed by atoms with Gasteiger partial charge in [0.2, 0.25) is 0 Å². The van der Waals surface area contributed by atoms with Crippen molar-refractivity contribution in [2.45, 2.75) is 43.2 Å². The van der Waals surface area contributed by atoms with E-state index in [0.717, 1.165) is 17.5 Å². The quantitative estimate of drug-likeness (QED) is 0.743. The van der Waals surface area contributed by atoms with Crippen LogP contribution in [0.25, 0.3) is 0 Å². The van der Waals surface area contributed by atoms with E-state index in [2.05, 4.69) is 0 Å². The highest BCUT2D eigenvalue weighted by Gasteiger charge is 2.65. The van der Waals surface area contributed by atoms with Crippen LogP contribution in [-0.2, 0) is 16.6 Å². The molecule has 1 unspecified atom stereocenters. The van der Waals surface area contributed by atoms with Crippen LogP contribution in [-0.4, -0.2) is 43.5 Å². The number of benzene rings is 1. The van der Waals surface area contributed by atoms with Crippen molar-refractivity contribution in [2.24, 2.45) is 5.92 Å². The Kier molecular flexibility index (Phi) is 1.89. The van der Waals surface area contributed by atoms with Crippen molar-refractivity contribution in [3.8, 4) is 11.5 Å². The minimum atomic E-state index is -2.10. The average molecular weight is 303 g/mol. The molecule has 0 aromatic heterocycles. The maximum atomic E-state index is 12.7. The Morgan fingerprint density at radius 1 is 1.50 bits per heavy atom. The molecule has 4 heteroatoms. The van der Waals surface area contributed by atoms with E-state index in [-0.39, 0.29) is 23.2 Å². The summed E-state index contributed by atoms with van der Waals surface area (Å²) in [6.45, 7) is -1.63. The van der Waals surface area contributed by atoms with Gasteiger partial charge in [-0.05, 0) is 50.3 Å². The fourth-order valence-corrected chi connectivity index (χ4v) is 5.48. The van der Waals surface area contributed by atoms with E-state index in [1.165, 1.54) is 0 Å². The number of carbonyl (C=O) groups excluding carboxylic acids is 1. The summed E-state index contributed by atoms with van der Waals surface area (Å²) in [5.74, 6) is 1.67. The standard InChI is InChI=1S/C18H21NO3/c1-19-8-7-18-11-4-5-13(20)17(18)22-16-14(21-2)6-3-10(15(16)18)9-12(11)19/h3,6,11-12,17H,4-5,7-9H2,1-2H3/t11-,12+,17?,18-/m0/s1/i1+1D3. The smallest absolute Gasteiger partial charge is 0.174 e. The van der Waals surface area contributed by atoms with Gasteiger partial charge in [-0.15, -0.1) is 0 Å². The first-order chi connectivity index (χ1) is 11.9. The van der Waals surface area contributed by atoms with Gasteiger partial charge in [0.1, 0.15) is 0 Å². The molecule has 2 heterocycles. The lowest BCUT2D eigenvalue weighted by Crippen LogP contribution is -2.65. The molecule has 4 nitrogen and oxygen atoms in total. The Morgan fingerprint density at radius 3 is 3.23 bits per heavy atom. The zero-order valence-electron chi connectivity index (χ0n) is 15.6. The Hall–Kier alpha value is -1.55. The van der Waals surface area contributed by atoms with Crippen molar-refractivity contribution in [3.63, 3.8) is 0 Å². The van der Waals surface area contributed by atoms with Crippen LogP contribution in [0, 0.1) is 5.92 Å². The van der Waals surface area contributed by atoms with Crippen LogP contribution < -0.4 is 9.47 Å². The largest absolute Gasteiger partial charge is 0.493 e. The zero-order valence-corrected chi connectivity index (χ0v) is 12.6. The van der Waals surface area contributed by atoms with E-state index >= 15 is 0 Å². The lowest BCUT2D eigenvalue weighted by Gasteiger charge is -2.57. The number of ether oxygens (including phenoxy) is 2. The summed E-state index contributed by atoms with van der Waals surface area (Å²) >= 11 is 0. The molecule has 4 atom stereocenters. The molecule has 2 bridgehead atoms. The number of ketones is 1. The van der Waals surface area contributed by atoms with Gasteiger partial charge in [-0.2, -0.15) is 0 Å². The number of methoxy groups -OCH3 is 1. The molecular weight excluding hydrogens is 279 g/mol. The van der Waals surface area contributed by atoms with Gasteiger partial charge in [-0.25, -0.2) is 0 Å². The Bertz CT molecular complexity index is 778. The van der Waals surface area contributed by atoms with Crippen molar-refractivity contribution in [2.75, 3.05) is 20.6 Å². The lowest BCUT2D eigenvalue weighted by atomic mass is 9.52. The average Bonchev–Trinajstić information content (AvgIpc) is 2.89. The molecule has 5 rings (SSSR count). The highest BCUT2D eigenvalue weighted by atomic mass is 16.5. The first-order valence-corrected chi connectivity index (χ1v) is 8.04. The van der Waals surface area contributed by atoms with Crippen LogP contribution in [0.1, 0.15) is 34.5 Å². The fraction of sp³-hybridized carbons (Fsp3) is 0.611. The van der Waals surface area contributed by atoms with Crippen molar-refractivity contribution in [1.29, 1.82) is 0 Å². The molecular formula is C18H21NO3. The van der Waals surface area contributed by atoms with E-state index in [1.807, 2.05) is 12.1 Å². The third-order valence-corrected chi connectivity index (χ3v) is 6.31. The zero-order chi connectivity index (χ0) is 17.6. The molecule has 1 saturated carbocycles. The number of likely N-dealkylation sites (tertiary alicyclic amines) is 1. The van der Waals surface area contributed by atoms with Crippen LogP contribution in [0.2, 0.25) is 0 Å². The van der Waals surface area contributed by atoms with Gasteiger partial charge >= 0.3 is 0 Å². The molecule has 0 N–H and O–H groups in total. The molecule has 2 aliphatic carbocycles. The Morgan fingerprint density at radius 2 is 2.41 bits per heavy atom. The van der Waals surface area contributed by atoms with Gasteiger partial charge in [0.15, 0.2) is 23.4 Å². The van der Waals surface area contributed by atoms with Crippen LogP contribution in [0.4, 0.5) is 0 Å². The molecule has 1 aromatic rings. The van der Waals surface area contributed by atoms with E-state index in [4.69, 9.17) is 13.6 Å². The molecule has 1 aromatic carbocycles. The summed E-state index contributed by atoms with van der Waals surface area (Å²) in [6, 6.07) is 3.84. The first kappa shape index (κ1) is 10.3.